The number of carbonyl (C=O) groups is 1. The summed E-state index contributed by atoms with van der Waals surface area (Å²) in [6.07, 6.45) is 12.0. The van der Waals surface area contributed by atoms with Crippen LogP contribution in [0.3, 0.4) is 0 Å². The van der Waals surface area contributed by atoms with Gasteiger partial charge in [0.1, 0.15) is 0 Å². The van der Waals surface area contributed by atoms with E-state index in [0.29, 0.717) is 11.7 Å². The predicted octanol–water partition coefficient (Wildman–Crippen LogP) is 4.66. The topological polar surface area (TPSA) is 17.1 Å². The lowest BCUT2D eigenvalue weighted by atomic mass is 9.85. The van der Waals surface area contributed by atoms with Crippen molar-refractivity contribution in [3.8, 4) is 0 Å². The van der Waals surface area contributed by atoms with Crippen LogP contribution in [0.2, 0.25) is 0 Å². The molecule has 0 bridgehead atoms. The van der Waals surface area contributed by atoms with Gasteiger partial charge in [-0.2, -0.15) is 0 Å². The SMILES string of the molecule is CC1=C2CCCCCCCCCC2C(C)C1=O. The fourth-order valence-corrected chi connectivity index (χ4v) is 3.62. The highest BCUT2D eigenvalue weighted by Gasteiger charge is 2.35. The monoisotopic (exact) mass is 234 g/mol. The number of fused-ring (bicyclic) bond motifs is 1. The average molecular weight is 234 g/mol. The zero-order chi connectivity index (χ0) is 12.3. The molecule has 0 aromatic carbocycles. The van der Waals surface area contributed by atoms with E-state index < -0.39 is 0 Å². The van der Waals surface area contributed by atoms with E-state index in [1.54, 1.807) is 0 Å². The minimum atomic E-state index is 0.269. The lowest BCUT2D eigenvalue weighted by Gasteiger charge is -2.18. The maximum Gasteiger partial charge on any atom is 0.161 e. The van der Waals surface area contributed by atoms with Gasteiger partial charge in [-0.3, -0.25) is 4.79 Å². The molecule has 1 nitrogen and oxygen atoms in total. The van der Waals surface area contributed by atoms with Crippen molar-refractivity contribution in [3.63, 3.8) is 0 Å². The smallest absolute Gasteiger partial charge is 0.161 e. The van der Waals surface area contributed by atoms with Gasteiger partial charge in [-0.1, -0.05) is 51.0 Å². The van der Waals surface area contributed by atoms with Crippen LogP contribution in [0.1, 0.15) is 71.6 Å². The lowest BCUT2D eigenvalue weighted by molar-refractivity contribution is -0.118. The highest BCUT2D eigenvalue weighted by Crippen LogP contribution is 2.40. The molecule has 0 aromatic heterocycles. The van der Waals surface area contributed by atoms with Gasteiger partial charge in [0, 0.05) is 5.92 Å². The molecule has 17 heavy (non-hydrogen) atoms. The third-order valence-corrected chi connectivity index (χ3v) is 4.78. The third-order valence-electron chi connectivity index (χ3n) is 4.78. The van der Waals surface area contributed by atoms with E-state index >= 15 is 0 Å². The van der Waals surface area contributed by atoms with Crippen LogP contribution >= 0.6 is 0 Å². The highest BCUT2D eigenvalue weighted by atomic mass is 16.1. The van der Waals surface area contributed by atoms with Crippen LogP contribution in [0.5, 0.6) is 0 Å². The van der Waals surface area contributed by atoms with Crippen molar-refractivity contribution in [1.29, 1.82) is 0 Å². The molecule has 0 heterocycles. The Morgan fingerprint density at radius 2 is 1.53 bits per heavy atom. The van der Waals surface area contributed by atoms with Crippen molar-refractivity contribution in [2.45, 2.75) is 71.6 Å². The van der Waals surface area contributed by atoms with Gasteiger partial charge in [-0.15, -0.1) is 0 Å². The van der Waals surface area contributed by atoms with E-state index in [4.69, 9.17) is 0 Å². The Labute approximate surface area is 106 Å². The minimum Gasteiger partial charge on any atom is -0.294 e. The summed E-state index contributed by atoms with van der Waals surface area (Å²) in [7, 11) is 0. The van der Waals surface area contributed by atoms with E-state index in [-0.39, 0.29) is 5.92 Å². The van der Waals surface area contributed by atoms with E-state index in [1.807, 2.05) is 0 Å². The Bertz CT molecular complexity index is 313. The second kappa shape index (κ2) is 5.84. The second-order valence-corrected chi connectivity index (χ2v) is 5.92. The summed E-state index contributed by atoms with van der Waals surface area (Å²) >= 11 is 0. The summed E-state index contributed by atoms with van der Waals surface area (Å²) in [5, 5.41) is 0. The number of allylic oxidation sites excluding steroid dienone is 2. The van der Waals surface area contributed by atoms with Gasteiger partial charge in [0.2, 0.25) is 0 Å². The van der Waals surface area contributed by atoms with Crippen molar-refractivity contribution < 1.29 is 4.79 Å². The van der Waals surface area contributed by atoms with E-state index in [2.05, 4.69) is 13.8 Å². The molecule has 0 spiro atoms. The van der Waals surface area contributed by atoms with E-state index in [1.165, 1.54) is 63.4 Å². The molecule has 2 rings (SSSR count). The van der Waals surface area contributed by atoms with E-state index in [0.717, 1.165) is 5.57 Å². The summed E-state index contributed by atoms with van der Waals surface area (Å²) in [5.41, 5.74) is 2.63. The molecule has 1 fully saturated rings. The molecule has 0 aromatic rings. The molecule has 0 amide bonds. The van der Waals surface area contributed by atoms with Gasteiger partial charge in [0.25, 0.3) is 0 Å². The highest BCUT2D eigenvalue weighted by molar-refractivity contribution is 6.00. The Morgan fingerprint density at radius 3 is 2.24 bits per heavy atom. The van der Waals surface area contributed by atoms with Crippen LogP contribution in [0, 0.1) is 11.8 Å². The third kappa shape index (κ3) is 2.81. The largest absolute Gasteiger partial charge is 0.294 e. The molecule has 0 aliphatic heterocycles. The van der Waals surface area contributed by atoms with Gasteiger partial charge >= 0.3 is 0 Å². The minimum absolute atomic E-state index is 0.269. The average Bonchev–Trinajstić information content (AvgIpc) is 2.52. The summed E-state index contributed by atoms with van der Waals surface area (Å²) in [4.78, 5) is 12.1. The first-order chi connectivity index (χ1) is 8.22. The summed E-state index contributed by atoms with van der Waals surface area (Å²) in [6.45, 7) is 4.21. The summed E-state index contributed by atoms with van der Waals surface area (Å²) in [5.74, 6) is 1.29. The van der Waals surface area contributed by atoms with Gasteiger partial charge in [0.15, 0.2) is 5.78 Å². The van der Waals surface area contributed by atoms with Gasteiger partial charge < -0.3 is 0 Å². The molecule has 2 unspecified atom stereocenters. The lowest BCUT2D eigenvalue weighted by Crippen LogP contribution is -2.14. The van der Waals surface area contributed by atoms with Crippen LogP contribution in [0.25, 0.3) is 0 Å². The number of Topliss-reactive ketones (excluding diaryl/α,β-unsaturated/α-hetero) is 1. The molecular formula is C16H26O. The Balaban J connectivity index is 2.11. The molecule has 96 valence electrons. The van der Waals surface area contributed by atoms with Crippen LogP contribution in [0.4, 0.5) is 0 Å². The first-order valence-electron chi connectivity index (χ1n) is 7.45. The molecule has 0 saturated heterocycles. The first kappa shape index (κ1) is 12.9. The fraction of sp³-hybridized carbons (Fsp3) is 0.812. The molecule has 1 heteroatoms. The Kier molecular flexibility index (Phi) is 4.42. The van der Waals surface area contributed by atoms with Crippen molar-refractivity contribution in [2.75, 3.05) is 0 Å². The second-order valence-electron chi connectivity index (χ2n) is 5.92. The van der Waals surface area contributed by atoms with Crippen LogP contribution in [-0.4, -0.2) is 5.78 Å². The molecule has 2 aliphatic rings. The van der Waals surface area contributed by atoms with Crippen molar-refractivity contribution >= 4 is 5.78 Å². The number of hydrogen-bond donors (Lipinski definition) is 0. The summed E-state index contributed by atoms with van der Waals surface area (Å²) < 4.78 is 0. The zero-order valence-electron chi connectivity index (χ0n) is 11.4. The maximum absolute atomic E-state index is 12.1. The van der Waals surface area contributed by atoms with Gasteiger partial charge in [0.05, 0.1) is 0 Å². The van der Waals surface area contributed by atoms with Gasteiger partial charge in [-0.25, -0.2) is 0 Å². The van der Waals surface area contributed by atoms with Crippen molar-refractivity contribution in [3.05, 3.63) is 11.1 Å². The molecule has 2 atom stereocenters. The molecule has 1 saturated carbocycles. The van der Waals surface area contributed by atoms with E-state index in [9.17, 15) is 4.79 Å². The number of carbonyl (C=O) groups excluding carboxylic acids is 1. The quantitative estimate of drug-likeness (QED) is 0.595. The molecule has 0 radical (unpaired) electrons. The number of ketones is 1. The van der Waals surface area contributed by atoms with Crippen molar-refractivity contribution in [2.24, 2.45) is 11.8 Å². The van der Waals surface area contributed by atoms with Crippen molar-refractivity contribution in [1.82, 2.24) is 0 Å². The normalized spacial score (nSPS) is 32.2. The van der Waals surface area contributed by atoms with Crippen LogP contribution in [0.15, 0.2) is 11.1 Å². The molecule has 0 N–H and O–H groups in total. The van der Waals surface area contributed by atoms with Crippen LogP contribution in [-0.2, 0) is 4.79 Å². The Morgan fingerprint density at radius 1 is 0.941 bits per heavy atom. The number of hydrogen-bond acceptors (Lipinski definition) is 1. The first-order valence-corrected chi connectivity index (χ1v) is 7.45. The Hall–Kier alpha value is -0.590. The number of rotatable bonds is 0. The molecular weight excluding hydrogens is 208 g/mol. The van der Waals surface area contributed by atoms with Crippen LogP contribution < -0.4 is 0 Å². The maximum atomic E-state index is 12.1. The fourth-order valence-electron chi connectivity index (χ4n) is 3.62. The summed E-state index contributed by atoms with van der Waals surface area (Å²) in [6, 6.07) is 0. The predicted molar refractivity (Wildman–Crippen MR) is 71.9 cm³/mol. The standard InChI is InChI=1S/C16H26O/c1-12-14-10-8-6-4-3-5-7-9-11-15(14)13(2)16(12)17/h12,14H,3-11H2,1-2H3. The zero-order valence-corrected chi connectivity index (χ0v) is 11.4. The molecule has 2 aliphatic carbocycles. The van der Waals surface area contributed by atoms with Gasteiger partial charge in [-0.05, 0) is 37.7 Å².